The molecule has 0 amide bonds. The normalized spacial score (nSPS) is 11.8. The third-order valence-corrected chi connectivity index (χ3v) is 4.81. The Morgan fingerprint density at radius 1 is 0.643 bits per heavy atom. The Labute approximate surface area is 168 Å². The lowest BCUT2D eigenvalue weighted by Crippen LogP contribution is -2.57. The molecular weight excluding hydrogens is 362 g/mol. The van der Waals surface area contributed by atoms with Gasteiger partial charge in [-0.1, -0.05) is 57.6 Å². The summed E-state index contributed by atoms with van der Waals surface area (Å²) >= 11 is 0. The van der Waals surface area contributed by atoms with Crippen LogP contribution in [0.2, 0.25) is 0 Å². The molecule has 0 unspecified atom stereocenters. The minimum Gasteiger partial charge on any atom is -0.477 e. The molecule has 0 heterocycles. The van der Waals surface area contributed by atoms with Crippen molar-refractivity contribution in [3.63, 3.8) is 0 Å². The van der Waals surface area contributed by atoms with Crippen molar-refractivity contribution in [1.82, 2.24) is 0 Å². The van der Waals surface area contributed by atoms with E-state index in [1.807, 2.05) is 0 Å². The number of carbonyl (C=O) groups is 3. The number of hydrogen-bond donors (Lipinski definition) is 3. The SMILES string of the molecule is CCCCCCCCC/C=C/CCCC[N+](CC(=O)O)(CC(=O)O)CC(=O)O. The van der Waals surface area contributed by atoms with Crippen molar-refractivity contribution in [3.8, 4) is 0 Å². The summed E-state index contributed by atoms with van der Waals surface area (Å²) in [5, 5.41) is 27.2. The average Bonchev–Trinajstić information content (AvgIpc) is 2.57. The van der Waals surface area contributed by atoms with E-state index in [-0.39, 0.29) is 6.54 Å². The van der Waals surface area contributed by atoms with Crippen molar-refractivity contribution >= 4 is 17.9 Å². The van der Waals surface area contributed by atoms with Crippen LogP contribution < -0.4 is 0 Å². The summed E-state index contributed by atoms with van der Waals surface area (Å²) in [5.41, 5.74) is 0. The zero-order valence-corrected chi connectivity index (χ0v) is 17.3. The molecule has 0 radical (unpaired) electrons. The molecule has 0 aliphatic carbocycles. The van der Waals surface area contributed by atoms with Crippen molar-refractivity contribution < 1.29 is 34.2 Å². The van der Waals surface area contributed by atoms with Gasteiger partial charge in [0, 0.05) is 0 Å². The summed E-state index contributed by atoms with van der Waals surface area (Å²) < 4.78 is -0.457. The van der Waals surface area contributed by atoms with Crippen molar-refractivity contribution in [1.29, 1.82) is 0 Å². The molecule has 0 fully saturated rings. The van der Waals surface area contributed by atoms with E-state index >= 15 is 0 Å². The number of allylic oxidation sites excluding steroid dienone is 2. The minimum atomic E-state index is -1.18. The Bertz CT molecular complexity index is 448. The van der Waals surface area contributed by atoms with Gasteiger partial charge in [0.15, 0.2) is 19.6 Å². The van der Waals surface area contributed by atoms with Gasteiger partial charge in [0.25, 0.3) is 0 Å². The lowest BCUT2D eigenvalue weighted by atomic mass is 10.1. The molecule has 162 valence electrons. The maximum Gasteiger partial charge on any atom is 0.359 e. The molecule has 0 saturated heterocycles. The fourth-order valence-electron chi connectivity index (χ4n) is 3.43. The second kappa shape index (κ2) is 16.1. The molecule has 7 heteroatoms. The van der Waals surface area contributed by atoms with Crippen molar-refractivity contribution in [2.45, 2.75) is 77.6 Å². The van der Waals surface area contributed by atoms with Gasteiger partial charge >= 0.3 is 17.9 Å². The molecule has 0 bridgehead atoms. The van der Waals surface area contributed by atoms with Gasteiger partial charge in [0.2, 0.25) is 0 Å². The van der Waals surface area contributed by atoms with E-state index in [0.717, 1.165) is 19.3 Å². The summed E-state index contributed by atoms with van der Waals surface area (Å²) in [5.74, 6) is -3.55. The number of unbranched alkanes of at least 4 members (excludes halogenated alkanes) is 9. The van der Waals surface area contributed by atoms with Gasteiger partial charge in [-0.2, -0.15) is 0 Å². The van der Waals surface area contributed by atoms with Crippen LogP contribution in [0.5, 0.6) is 0 Å². The number of hydrogen-bond acceptors (Lipinski definition) is 3. The van der Waals surface area contributed by atoms with E-state index in [1.165, 1.54) is 44.9 Å². The topological polar surface area (TPSA) is 112 Å². The zero-order chi connectivity index (χ0) is 21.3. The van der Waals surface area contributed by atoms with Crippen LogP contribution in [0.3, 0.4) is 0 Å². The third kappa shape index (κ3) is 15.2. The number of nitrogens with zero attached hydrogens (tertiary/aromatic N) is 1. The first-order chi connectivity index (χ1) is 13.3. The van der Waals surface area contributed by atoms with Crippen LogP contribution in [0.15, 0.2) is 12.2 Å². The quantitative estimate of drug-likeness (QED) is 0.172. The van der Waals surface area contributed by atoms with Crippen molar-refractivity contribution in [3.05, 3.63) is 12.2 Å². The third-order valence-electron chi connectivity index (χ3n) is 4.81. The summed E-state index contributed by atoms with van der Waals surface area (Å²) in [6, 6.07) is 0. The van der Waals surface area contributed by atoms with Crippen LogP contribution in [-0.4, -0.2) is 63.9 Å². The smallest absolute Gasteiger partial charge is 0.359 e. The molecular formula is C21H38NO6+. The fourth-order valence-corrected chi connectivity index (χ4v) is 3.43. The molecule has 0 aliphatic heterocycles. The van der Waals surface area contributed by atoms with E-state index in [2.05, 4.69) is 19.1 Å². The summed E-state index contributed by atoms with van der Waals surface area (Å²) in [4.78, 5) is 33.3. The highest BCUT2D eigenvalue weighted by atomic mass is 16.4. The Hall–Kier alpha value is -1.89. The van der Waals surface area contributed by atoms with Crippen LogP contribution in [0.25, 0.3) is 0 Å². The maximum absolute atomic E-state index is 11.1. The van der Waals surface area contributed by atoms with Crippen LogP contribution in [0.1, 0.15) is 77.6 Å². The lowest BCUT2D eigenvalue weighted by Gasteiger charge is -2.34. The molecule has 0 spiro atoms. The first-order valence-electron chi connectivity index (χ1n) is 10.5. The van der Waals surface area contributed by atoms with E-state index in [0.29, 0.717) is 6.42 Å². The zero-order valence-electron chi connectivity index (χ0n) is 17.3. The number of aliphatic carboxylic acids is 3. The van der Waals surface area contributed by atoms with Gasteiger partial charge in [-0.05, 0) is 32.1 Å². The molecule has 28 heavy (non-hydrogen) atoms. The second-order valence-electron chi connectivity index (χ2n) is 7.60. The predicted molar refractivity (Wildman–Crippen MR) is 108 cm³/mol. The number of rotatable bonds is 19. The molecule has 0 aromatic carbocycles. The molecule has 7 nitrogen and oxygen atoms in total. The molecule has 3 N–H and O–H groups in total. The van der Waals surface area contributed by atoms with E-state index in [9.17, 15) is 14.4 Å². The average molecular weight is 401 g/mol. The largest absolute Gasteiger partial charge is 0.477 e. The van der Waals surface area contributed by atoms with Crippen molar-refractivity contribution in [2.75, 3.05) is 26.2 Å². The van der Waals surface area contributed by atoms with Crippen LogP contribution >= 0.6 is 0 Å². The molecule has 0 rings (SSSR count). The standard InChI is InChI=1S/C21H37NO6/c1-2-3-4-5-6-7-8-9-10-11-12-13-14-15-22(16-19(23)24,17-20(25)26)18-21(27)28/h10-11H,2-9,12-18H2,1H3,(H2-,23,24,25,26,27,28)/p+1/b11-10+. The highest BCUT2D eigenvalue weighted by Crippen LogP contribution is 2.12. The number of carboxylic acid groups (broad SMARTS) is 3. The first kappa shape index (κ1) is 26.1. The maximum atomic E-state index is 11.1. The molecule has 0 atom stereocenters. The van der Waals surface area contributed by atoms with Gasteiger partial charge in [-0.15, -0.1) is 0 Å². The molecule has 0 aromatic rings. The van der Waals surface area contributed by atoms with Gasteiger partial charge in [-0.3, -0.25) is 4.48 Å². The molecule has 0 saturated carbocycles. The fraction of sp³-hybridized carbons (Fsp3) is 0.762. The van der Waals surface area contributed by atoms with Gasteiger partial charge < -0.3 is 15.3 Å². The Balaban J connectivity index is 4.13. The molecule has 0 aliphatic rings. The second-order valence-corrected chi connectivity index (χ2v) is 7.60. The highest BCUT2D eigenvalue weighted by molar-refractivity contribution is 5.73. The summed E-state index contributed by atoms with van der Waals surface area (Å²) in [6.07, 6.45) is 16.5. The number of quaternary nitrogens is 1. The predicted octanol–water partition coefficient (Wildman–Crippen LogP) is 3.92. The van der Waals surface area contributed by atoms with Gasteiger partial charge in [-0.25, -0.2) is 14.4 Å². The molecule has 0 aromatic heterocycles. The van der Waals surface area contributed by atoms with Gasteiger partial charge in [0.05, 0.1) is 6.54 Å². The summed E-state index contributed by atoms with van der Waals surface area (Å²) in [6.45, 7) is 0.969. The Kier molecular flexibility index (Phi) is 15.0. The lowest BCUT2D eigenvalue weighted by molar-refractivity contribution is -0.907. The van der Waals surface area contributed by atoms with E-state index in [4.69, 9.17) is 15.3 Å². The van der Waals surface area contributed by atoms with Crippen LogP contribution in [0, 0.1) is 0 Å². The monoisotopic (exact) mass is 400 g/mol. The first-order valence-corrected chi connectivity index (χ1v) is 10.5. The van der Waals surface area contributed by atoms with Crippen molar-refractivity contribution in [2.24, 2.45) is 0 Å². The van der Waals surface area contributed by atoms with Gasteiger partial charge in [0.1, 0.15) is 0 Å². The Morgan fingerprint density at radius 2 is 1.04 bits per heavy atom. The van der Waals surface area contributed by atoms with E-state index in [1.54, 1.807) is 0 Å². The minimum absolute atomic E-state index is 0.233. The summed E-state index contributed by atoms with van der Waals surface area (Å²) in [7, 11) is 0. The van der Waals surface area contributed by atoms with E-state index < -0.39 is 42.0 Å². The van der Waals surface area contributed by atoms with Crippen LogP contribution in [0.4, 0.5) is 0 Å². The van der Waals surface area contributed by atoms with Crippen LogP contribution in [-0.2, 0) is 14.4 Å². The highest BCUT2D eigenvalue weighted by Gasteiger charge is 2.35. The number of carboxylic acids is 3. The Morgan fingerprint density at radius 3 is 1.46 bits per heavy atom.